The van der Waals surface area contributed by atoms with Crippen molar-refractivity contribution in [2.45, 2.75) is 40.5 Å². The summed E-state index contributed by atoms with van der Waals surface area (Å²) in [4.78, 5) is 13.4. The molecule has 0 aromatic rings. The van der Waals surface area contributed by atoms with E-state index in [0.717, 1.165) is 0 Å². The number of carbonyl (C=O) groups is 1. The van der Waals surface area contributed by atoms with E-state index in [1.165, 1.54) is 0 Å². The van der Waals surface area contributed by atoms with E-state index in [1.54, 1.807) is 11.9 Å². The first-order chi connectivity index (χ1) is 6.79. The lowest BCUT2D eigenvalue weighted by molar-refractivity contribution is -0.131. The summed E-state index contributed by atoms with van der Waals surface area (Å²) in [5.74, 6) is 0.488. The van der Waals surface area contributed by atoms with Gasteiger partial charge in [0.1, 0.15) is 0 Å². The average Bonchev–Trinajstić information content (AvgIpc) is 2.12. The third-order valence-electron chi connectivity index (χ3n) is 2.94. The van der Waals surface area contributed by atoms with E-state index in [2.05, 4.69) is 27.7 Å². The van der Waals surface area contributed by atoms with Crippen LogP contribution >= 0.6 is 0 Å². The Kier molecular flexibility index (Phi) is 5.35. The molecule has 86 valence electrons. The molecule has 0 N–H and O–H groups in total. The molecule has 0 heterocycles. The van der Waals surface area contributed by atoms with Gasteiger partial charge in [-0.1, -0.05) is 27.7 Å². The molecule has 0 saturated heterocycles. The van der Waals surface area contributed by atoms with Gasteiger partial charge in [-0.05, 0) is 11.3 Å². The van der Waals surface area contributed by atoms with Gasteiger partial charge < -0.3 is 4.90 Å². The van der Waals surface area contributed by atoms with Gasteiger partial charge in [0, 0.05) is 20.0 Å². The molecule has 1 atom stereocenters. The predicted molar refractivity (Wildman–Crippen MR) is 61.1 cm³/mol. The summed E-state index contributed by atoms with van der Waals surface area (Å²) in [6.07, 6.45) is 0.970. The zero-order chi connectivity index (χ0) is 12.1. The molecular weight excluding hydrogens is 188 g/mol. The summed E-state index contributed by atoms with van der Waals surface area (Å²) in [6, 6.07) is 2.04. The van der Waals surface area contributed by atoms with Gasteiger partial charge in [-0.25, -0.2) is 0 Å². The molecule has 0 spiro atoms. The first-order valence-electron chi connectivity index (χ1n) is 5.40. The zero-order valence-electron chi connectivity index (χ0n) is 10.5. The molecule has 15 heavy (non-hydrogen) atoms. The van der Waals surface area contributed by atoms with Crippen LogP contribution in [0, 0.1) is 22.7 Å². The van der Waals surface area contributed by atoms with Gasteiger partial charge in [-0.3, -0.25) is 4.79 Å². The van der Waals surface area contributed by atoms with Gasteiger partial charge in [0.15, 0.2) is 0 Å². The second kappa shape index (κ2) is 5.75. The fourth-order valence-electron chi connectivity index (χ4n) is 1.07. The van der Waals surface area contributed by atoms with Crippen molar-refractivity contribution in [3.63, 3.8) is 0 Å². The van der Waals surface area contributed by atoms with Crippen LogP contribution in [-0.2, 0) is 4.79 Å². The molecule has 0 radical (unpaired) electrons. The van der Waals surface area contributed by atoms with Crippen molar-refractivity contribution in [3.8, 4) is 6.07 Å². The zero-order valence-corrected chi connectivity index (χ0v) is 10.5. The highest BCUT2D eigenvalue weighted by Gasteiger charge is 2.23. The Morgan fingerprint density at radius 3 is 2.40 bits per heavy atom. The molecule has 3 nitrogen and oxygen atoms in total. The topological polar surface area (TPSA) is 44.1 Å². The highest BCUT2D eigenvalue weighted by molar-refractivity contribution is 5.76. The van der Waals surface area contributed by atoms with E-state index in [4.69, 9.17) is 5.26 Å². The van der Waals surface area contributed by atoms with Gasteiger partial charge >= 0.3 is 0 Å². The highest BCUT2D eigenvalue weighted by atomic mass is 16.2. The molecule has 0 aromatic heterocycles. The number of hydrogen-bond donors (Lipinski definition) is 0. The van der Waals surface area contributed by atoms with Crippen molar-refractivity contribution < 1.29 is 4.79 Å². The minimum Gasteiger partial charge on any atom is -0.345 e. The Morgan fingerprint density at radius 1 is 1.47 bits per heavy atom. The number of nitriles is 1. The van der Waals surface area contributed by atoms with Crippen molar-refractivity contribution in [1.82, 2.24) is 4.90 Å². The average molecular weight is 210 g/mol. The van der Waals surface area contributed by atoms with E-state index in [9.17, 15) is 4.79 Å². The van der Waals surface area contributed by atoms with Crippen molar-refractivity contribution in [3.05, 3.63) is 0 Å². The van der Waals surface area contributed by atoms with E-state index in [1.807, 2.05) is 6.07 Å². The molecule has 0 aliphatic heterocycles. The van der Waals surface area contributed by atoms with Crippen LogP contribution in [0.3, 0.4) is 0 Å². The third kappa shape index (κ3) is 5.41. The summed E-state index contributed by atoms with van der Waals surface area (Å²) >= 11 is 0. The Labute approximate surface area is 93.1 Å². The number of nitrogens with zero attached hydrogens (tertiary/aromatic N) is 2. The summed E-state index contributed by atoms with van der Waals surface area (Å²) in [5.41, 5.74) is 0.158. The Hall–Kier alpha value is -1.04. The molecule has 0 bridgehead atoms. The lowest BCUT2D eigenvalue weighted by atomic mass is 9.80. The van der Waals surface area contributed by atoms with E-state index < -0.39 is 0 Å². The Morgan fingerprint density at radius 2 is 2.00 bits per heavy atom. The molecule has 0 aliphatic rings. The molecule has 1 unspecified atom stereocenters. The first-order valence-corrected chi connectivity index (χ1v) is 5.40. The highest BCUT2D eigenvalue weighted by Crippen LogP contribution is 2.28. The maximum absolute atomic E-state index is 11.7. The van der Waals surface area contributed by atoms with E-state index in [-0.39, 0.29) is 11.3 Å². The maximum Gasteiger partial charge on any atom is 0.222 e. The largest absolute Gasteiger partial charge is 0.345 e. The van der Waals surface area contributed by atoms with Gasteiger partial charge in [-0.15, -0.1) is 0 Å². The standard InChI is InChI=1S/C12H22N2O/c1-10(12(2,3)4)9-11(15)14(5)8-6-7-13/h10H,6,8-9H2,1-5H3. The normalized spacial score (nSPS) is 13.1. The molecule has 0 rings (SSSR count). The van der Waals surface area contributed by atoms with Crippen LogP contribution in [-0.4, -0.2) is 24.4 Å². The van der Waals surface area contributed by atoms with E-state index in [0.29, 0.717) is 25.3 Å². The van der Waals surface area contributed by atoms with Crippen LogP contribution in [0.2, 0.25) is 0 Å². The van der Waals surface area contributed by atoms with Crippen molar-refractivity contribution >= 4 is 5.91 Å². The minimum absolute atomic E-state index is 0.132. The monoisotopic (exact) mass is 210 g/mol. The van der Waals surface area contributed by atoms with E-state index >= 15 is 0 Å². The van der Waals surface area contributed by atoms with Gasteiger partial charge in [0.25, 0.3) is 0 Å². The fraction of sp³-hybridized carbons (Fsp3) is 0.833. The quantitative estimate of drug-likeness (QED) is 0.715. The summed E-state index contributed by atoms with van der Waals surface area (Å²) in [5, 5.41) is 8.42. The van der Waals surface area contributed by atoms with Crippen LogP contribution in [0.15, 0.2) is 0 Å². The van der Waals surface area contributed by atoms with Crippen molar-refractivity contribution in [1.29, 1.82) is 5.26 Å². The van der Waals surface area contributed by atoms with Gasteiger partial charge in [0.05, 0.1) is 12.5 Å². The summed E-state index contributed by atoms with van der Waals surface area (Å²) in [6.45, 7) is 9.04. The van der Waals surface area contributed by atoms with Crippen LogP contribution < -0.4 is 0 Å². The Bertz CT molecular complexity index is 247. The van der Waals surface area contributed by atoms with Crippen LogP contribution in [0.25, 0.3) is 0 Å². The van der Waals surface area contributed by atoms with Crippen molar-refractivity contribution in [2.24, 2.45) is 11.3 Å². The predicted octanol–water partition coefficient (Wildman–Crippen LogP) is 2.43. The first kappa shape index (κ1) is 14.0. The minimum atomic E-state index is 0.132. The third-order valence-corrected chi connectivity index (χ3v) is 2.94. The van der Waals surface area contributed by atoms with Crippen molar-refractivity contribution in [2.75, 3.05) is 13.6 Å². The smallest absolute Gasteiger partial charge is 0.222 e. The lowest BCUT2D eigenvalue weighted by Crippen LogP contribution is -2.31. The van der Waals surface area contributed by atoms with Gasteiger partial charge in [-0.2, -0.15) is 5.26 Å². The molecule has 3 heteroatoms. The molecule has 0 aromatic carbocycles. The van der Waals surface area contributed by atoms with Crippen LogP contribution in [0.4, 0.5) is 0 Å². The number of hydrogen-bond acceptors (Lipinski definition) is 2. The van der Waals surface area contributed by atoms with Crippen LogP contribution in [0.5, 0.6) is 0 Å². The molecule has 0 aliphatic carbocycles. The van der Waals surface area contributed by atoms with Gasteiger partial charge in [0.2, 0.25) is 5.91 Å². The lowest BCUT2D eigenvalue weighted by Gasteiger charge is -2.28. The SMILES string of the molecule is CC(CC(=O)N(C)CCC#N)C(C)(C)C. The number of carbonyl (C=O) groups excluding carboxylic acids is 1. The summed E-state index contributed by atoms with van der Waals surface area (Å²) in [7, 11) is 1.76. The Balaban J connectivity index is 4.09. The second-order valence-corrected chi connectivity index (χ2v) is 5.19. The summed E-state index contributed by atoms with van der Waals surface area (Å²) < 4.78 is 0. The molecule has 1 amide bonds. The molecule has 0 fully saturated rings. The fourth-order valence-corrected chi connectivity index (χ4v) is 1.07. The molecule has 0 saturated carbocycles. The maximum atomic E-state index is 11.7. The van der Waals surface area contributed by atoms with Crippen LogP contribution in [0.1, 0.15) is 40.5 Å². The number of amides is 1. The number of rotatable bonds is 4. The molecular formula is C12H22N2O. The second-order valence-electron chi connectivity index (χ2n) is 5.19.